The van der Waals surface area contributed by atoms with Crippen molar-refractivity contribution in [2.45, 2.75) is 18.8 Å². The average molecular weight is 293 g/mol. The zero-order valence-electron chi connectivity index (χ0n) is 11.4. The molecule has 0 aliphatic rings. The van der Waals surface area contributed by atoms with Gasteiger partial charge in [-0.25, -0.2) is 0 Å². The highest BCUT2D eigenvalue weighted by Crippen LogP contribution is 2.12. The minimum Gasteiger partial charge on any atom is -0.382 e. The van der Waals surface area contributed by atoms with Crippen molar-refractivity contribution < 1.29 is 14.7 Å². The molecule has 0 heterocycles. The first-order valence-corrected chi connectivity index (χ1v) is 7.43. The van der Waals surface area contributed by atoms with Crippen LogP contribution in [0.4, 0.5) is 0 Å². The Bertz CT molecular complexity index is 459. The van der Waals surface area contributed by atoms with Gasteiger partial charge in [-0.1, -0.05) is 36.4 Å². The average Bonchev–Trinajstić information content (AvgIpc) is 2.42. The number of amides is 1. The molecule has 108 valence electrons. The van der Waals surface area contributed by atoms with E-state index < -0.39 is 5.44 Å². The summed E-state index contributed by atoms with van der Waals surface area (Å²) in [5.41, 5.74) is 0.213. The Labute approximate surface area is 123 Å². The summed E-state index contributed by atoms with van der Waals surface area (Å²) in [6.07, 6.45) is 3.29. The molecular formula is C15H19NO3S. The summed E-state index contributed by atoms with van der Waals surface area (Å²) in [5, 5.41) is 12.3. The van der Waals surface area contributed by atoms with Crippen LogP contribution in [0.2, 0.25) is 0 Å². The van der Waals surface area contributed by atoms with Crippen LogP contribution in [0.15, 0.2) is 36.4 Å². The fourth-order valence-corrected chi connectivity index (χ4v) is 2.25. The monoisotopic (exact) mass is 293 g/mol. The number of hydrogen-bond acceptors (Lipinski definition) is 4. The second-order valence-electron chi connectivity index (χ2n) is 4.22. The Morgan fingerprint density at radius 3 is 2.70 bits per heavy atom. The zero-order valence-corrected chi connectivity index (χ0v) is 12.2. The molecule has 1 amide bonds. The molecule has 0 fully saturated rings. The SMILES string of the molecule is CC(=O)NCCSC(O)CC(=O)C=Cc1ccccc1. The van der Waals surface area contributed by atoms with E-state index in [0.717, 1.165) is 5.56 Å². The molecule has 0 aliphatic heterocycles. The Balaban J connectivity index is 2.24. The number of rotatable bonds is 8. The van der Waals surface area contributed by atoms with E-state index in [0.29, 0.717) is 12.3 Å². The van der Waals surface area contributed by atoms with Crippen molar-refractivity contribution in [3.8, 4) is 0 Å². The molecule has 1 unspecified atom stereocenters. The van der Waals surface area contributed by atoms with Crippen molar-refractivity contribution in [3.05, 3.63) is 42.0 Å². The van der Waals surface area contributed by atoms with E-state index in [-0.39, 0.29) is 18.1 Å². The molecule has 5 heteroatoms. The van der Waals surface area contributed by atoms with Crippen LogP contribution in [0, 0.1) is 0 Å². The van der Waals surface area contributed by atoms with Gasteiger partial charge in [-0.2, -0.15) is 0 Å². The van der Waals surface area contributed by atoms with Gasteiger partial charge in [0, 0.05) is 25.6 Å². The smallest absolute Gasteiger partial charge is 0.216 e. The molecule has 4 nitrogen and oxygen atoms in total. The molecule has 2 N–H and O–H groups in total. The summed E-state index contributed by atoms with van der Waals surface area (Å²) >= 11 is 1.25. The predicted molar refractivity (Wildman–Crippen MR) is 82.2 cm³/mol. The minimum absolute atomic E-state index is 0.0775. The molecule has 0 aromatic heterocycles. The summed E-state index contributed by atoms with van der Waals surface area (Å²) in [7, 11) is 0. The lowest BCUT2D eigenvalue weighted by Crippen LogP contribution is -2.23. The number of benzene rings is 1. The lowest BCUT2D eigenvalue weighted by Gasteiger charge is -2.08. The van der Waals surface area contributed by atoms with Crippen molar-refractivity contribution in [2.24, 2.45) is 0 Å². The summed E-state index contributed by atoms with van der Waals surface area (Å²) in [4.78, 5) is 22.3. The van der Waals surface area contributed by atoms with E-state index >= 15 is 0 Å². The van der Waals surface area contributed by atoms with Gasteiger partial charge in [-0.05, 0) is 11.6 Å². The van der Waals surface area contributed by atoms with Gasteiger partial charge in [-0.15, -0.1) is 11.8 Å². The van der Waals surface area contributed by atoms with Crippen molar-refractivity contribution in [1.29, 1.82) is 0 Å². The molecule has 1 aromatic rings. The van der Waals surface area contributed by atoms with Crippen LogP contribution >= 0.6 is 11.8 Å². The molecule has 0 radical (unpaired) electrons. The maximum Gasteiger partial charge on any atom is 0.216 e. The number of hydrogen-bond donors (Lipinski definition) is 2. The highest BCUT2D eigenvalue weighted by atomic mass is 32.2. The Kier molecular flexibility index (Phi) is 7.69. The molecule has 0 bridgehead atoms. The lowest BCUT2D eigenvalue weighted by atomic mass is 10.2. The van der Waals surface area contributed by atoms with Gasteiger partial charge in [0.1, 0.15) is 5.44 Å². The van der Waals surface area contributed by atoms with Gasteiger partial charge >= 0.3 is 0 Å². The van der Waals surface area contributed by atoms with E-state index in [1.807, 2.05) is 30.3 Å². The Hall–Kier alpha value is -1.59. The maximum atomic E-state index is 11.6. The summed E-state index contributed by atoms with van der Waals surface area (Å²) in [6, 6.07) is 9.52. The van der Waals surface area contributed by atoms with Gasteiger partial charge in [0.05, 0.1) is 0 Å². The minimum atomic E-state index is -0.739. The normalized spacial score (nSPS) is 12.3. The second kappa shape index (κ2) is 9.34. The van der Waals surface area contributed by atoms with Crippen LogP contribution in [0.25, 0.3) is 6.08 Å². The number of nitrogens with one attached hydrogen (secondary N) is 1. The van der Waals surface area contributed by atoms with E-state index in [2.05, 4.69) is 5.32 Å². The van der Waals surface area contributed by atoms with E-state index in [1.165, 1.54) is 24.8 Å². The lowest BCUT2D eigenvalue weighted by molar-refractivity contribution is -0.119. The van der Waals surface area contributed by atoms with E-state index in [4.69, 9.17) is 0 Å². The van der Waals surface area contributed by atoms with Crippen molar-refractivity contribution in [2.75, 3.05) is 12.3 Å². The highest BCUT2D eigenvalue weighted by molar-refractivity contribution is 7.99. The maximum absolute atomic E-state index is 11.6. The van der Waals surface area contributed by atoms with Gasteiger partial charge in [0.15, 0.2) is 5.78 Å². The molecule has 1 aromatic carbocycles. The number of ketones is 1. The topological polar surface area (TPSA) is 66.4 Å². The van der Waals surface area contributed by atoms with E-state index in [1.54, 1.807) is 6.08 Å². The molecule has 0 saturated carbocycles. The summed E-state index contributed by atoms with van der Waals surface area (Å²) in [6.45, 7) is 1.93. The second-order valence-corrected chi connectivity index (χ2v) is 5.51. The molecule has 0 aliphatic carbocycles. The number of carbonyl (C=O) groups excluding carboxylic acids is 2. The van der Waals surface area contributed by atoms with Crippen molar-refractivity contribution in [3.63, 3.8) is 0 Å². The van der Waals surface area contributed by atoms with Crippen LogP contribution in [0.3, 0.4) is 0 Å². The molecule has 0 spiro atoms. The molecule has 1 rings (SSSR count). The predicted octanol–water partition coefficient (Wildman–Crippen LogP) is 1.85. The Morgan fingerprint density at radius 2 is 2.05 bits per heavy atom. The largest absolute Gasteiger partial charge is 0.382 e. The summed E-state index contributed by atoms with van der Waals surface area (Å²) in [5.74, 6) is 0.367. The zero-order chi connectivity index (χ0) is 14.8. The number of thioether (sulfide) groups is 1. The fraction of sp³-hybridized carbons (Fsp3) is 0.333. The first kappa shape index (κ1) is 16.5. The van der Waals surface area contributed by atoms with Gasteiger partial charge in [0.2, 0.25) is 5.91 Å². The third-order valence-corrected chi connectivity index (χ3v) is 3.41. The molecule has 0 saturated heterocycles. The van der Waals surface area contributed by atoms with Crippen LogP contribution in [0.1, 0.15) is 18.9 Å². The standard InChI is InChI=1S/C15H19NO3S/c1-12(17)16-9-10-20-15(19)11-14(18)8-7-13-5-3-2-4-6-13/h2-8,15,19H,9-11H2,1H3,(H,16,17). The first-order chi connectivity index (χ1) is 9.58. The third-order valence-electron chi connectivity index (χ3n) is 2.42. The Morgan fingerprint density at radius 1 is 1.35 bits per heavy atom. The number of allylic oxidation sites excluding steroid dienone is 1. The highest BCUT2D eigenvalue weighted by Gasteiger charge is 2.08. The quantitative estimate of drug-likeness (QED) is 0.436. The third kappa shape index (κ3) is 7.76. The van der Waals surface area contributed by atoms with E-state index in [9.17, 15) is 14.7 Å². The van der Waals surface area contributed by atoms with Crippen LogP contribution < -0.4 is 5.32 Å². The van der Waals surface area contributed by atoms with Crippen LogP contribution in [-0.2, 0) is 9.59 Å². The van der Waals surface area contributed by atoms with Crippen LogP contribution in [0.5, 0.6) is 0 Å². The van der Waals surface area contributed by atoms with Gasteiger partial charge < -0.3 is 10.4 Å². The van der Waals surface area contributed by atoms with Gasteiger partial charge in [-0.3, -0.25) is 9.59 Å². The molecule has 1 atom stereocenters. The van der Waals surface area contributed by atoms with Crippen molar-refractivity contribution >= 4 is 29.5 Å². The number of aliphatic hydroxyl groups is 1. The first-order valence-electron chi connectivity index (χ1n) is 6.38. The fourth-order valence-electron chi connectivity index (χ4n) is 1.47. The molecule has 20 heavy (non-hydrogen) atoms. The van der Waals surface area contributed by atoms with Gasteiger partial charge in [0.25, 0.3) is 0 Å². The summed E-state index contributed by atoms with van der Waals surface area (Å²) < 4.78 is 0. The molecular weight excluding hydrogens is 274 g/mol. The van der Waals surface area contributed by atoms with Crippen molar-refractivity contribution in [1.82, 2.24) is 5.32 Å². The number of carbonyl (C=O) groups is 2. The van der Waals surface area contributed by atoms with Crippen LogP contribution in [-0.4, -0.2) is 34.5 Å². The number of aliphatic hydroxyl groups excluding tert-OH is 1.